The number of hydrogen-bond donors (Lipinski definition) is 1. The number of fused-ring (bicyclic) bond motifs is 1. The predicted molar refractivity (Wildman–Crippen MR) is 110 cm³/mol. The van der Waals surface area contributed by atoms with Gasteiger partial charge in [-0.25, -0.2) is 14.2 Å². The first-order valence-electron chi connectivity index (χ1n) is 9.17. The van der Waals surface area contributed by atoms with Gasteiger partial charge in [-0.15, -0.1) is 5.10 Å². The van der Waals surface area contributed by atoms with E-state index in [0.29, 0.717) is 35.7 Å². The van der Waals surface area contributed by atoms with E-state index in [2.05, 4.69) is 15.5 Å². The van der Waals surface area contributed by atoms with E-state index in [9.17, 15) is 9.59 Å². The quantitative estimate of drug-likeness (QED) is 0.495. The zero-order valence-electron chi connectivity index (χ0n) is 15.7. The van der Waals surface area contributed by atoms with Crippen LogP contribution >= 0.6 is 11.6 Å². The summed E-state index contributed by atoms with van der Waals surface area (Å²) < 4.78 is 4.58. The predicted octanol–water partition coefficient (Wildman–Crippen LogP) is 2.46. The molecule has 0 saturated carbocycles. The van der Waals surface area contributed by atoms with Crippen LogP contribution < -0.4 is 11.0 Å². The van der Waals surface area contributed by atoms with Crippen LogP contribution in [0.2, 0.25) is 5.02 Å². The van der Waals surface area contributed by atoms with E-state index < -0.39 is 0 Å². The second-order valence-corrected chi connectivity index (χ2v) is 7.02. The molecular formula is C20H19ClN6O2. The number of halogens is 1. The Kier molecular flexibility index (Phi) is 5.18. The molecule has 0 aliphatic heterocycles. The molecule has 0 aliphatic carbocycles. The van der Waals surface area contributed by atoms with Crippen molar-refractivity contribution in [3.05, 3.63) is 81.6 Å². The summed E-state index contributed by atoms with van der Waals surface area (Å²) in [6.45, 7) is 2.67. The van der Waals surface area contributed by atoms with Crippen molar-refractivity contribution < 1.29 is 4.79 Å². The Morgan fingerprint density at radius 3 is 2.86 bits per heavy atom. The van der Waals surface area contributed by atoms with Crippen molar-refractivity contribution in [3.63, 3.8) is 0 Å². The molecule has 4 rings (SSSR count). The minimum atomic E-state index is -0.210. The van der Waals surface area contributed by atoms with E-state index in [1.807, 2.05) is 25.1 Å². The van der Waals surface area contributed by atoms with Gasteiger partial charge in [0.25, 0.3) is 5.91 Å². The van der Waals surface area contributed by atoms with Crippen LogP contribution in [0.3, 0.4) is 0 Å². The molecule has 3 aromatic heterocycles. The number of carbonyl (C=O) groups is 1. The Morgan fingerprint density at radius 2 is 2.07 bits per heavy atom. The van der Waals surface area contributed by atoms with Gasteiger partial charge in [0.05, 0.1) is 23.1 Å². The normalized spacial score (nSPS) is 11.1. The molecule has 0 radical (unpaired) electrons. The van der Waals surface area contributed by atoms with Crippen molar-refractivity contribution >= 4 is 23.2 Å². The molecule has 9 heteroatoms. The molecule has 0 atom stereocenters. The summed E-state index contributed by atoms with van der Waals surface area (Å²) in [6.07, 6.45) is 3.80. The van der Waals surface area contributed by atoms with Gasteiger partial charge >= 0.3 is 5.69 Å². The topological polar surface area (TPSA) is 86.2 Å². The maximum absolute atomic E-state index is 12.5. The molecule has 0 saturated heterocycles. The molecule has 4 aromatic rings. The number of nitrogens with zero attached hydrogens (tertiary/aromatic N) is 5. The third kappa shape index (κ3) is 3.79. The van der Waals surface area contributed by atoms with Crippen LogP contribution in [-0.2, 0) is 6.54 Å². The fourth-order valence-corrected chi connectivity index (χ4v) is 3.32. The van der Waals surface area contributed by atoms with Crippen molar-refractivity contribution in [2.24, 2.45) is 0 Å². The average Bonchev–Trinajstić information content (AvgIpc) is 3.25. The Morgan fingerprint density at radius 1 is 1.21 bits per heavy atom. The summed E-state index contributed by atoms with van der Waals surface area (Å²) in [5.41, 5.74) is 2.42. The molecule has 0 aliphatic rings. The van der Waals surface area contributed by atoms with Gasteiger partial charge in [-0.2, -0.15) is 5.10 Å². The van der Waals surface area contributed by atoms with E-state index in [-0.39, 0.29) is 11.6 Å². The lowest BCUT2D eigenvalue weighted by Crippen LogP contribution is -2.27. The molecule has 3 heterocycles. The van der Waals surface area contributed by atoms with Gasteiger partial charge in [0.15, 0.2) is 5.65 Å². The molecule has 1 amide bonds. The van der Waals surface area contributed by atoms with Crippen LogP contribution in [0, 0.1) is 6.92 Å². The lowest BCUT2D eigenvalue weighted by Gasteiger charge is -2.07. The third-order valence-electron chi connectivity index (χ3n) is 4.63. The van der Waals surface area contributed by atoms with E-state index >= 15 is 0 Å². The van der Waals surface area contributed by atoms with Crippen LogP contribution in [0.1, 0.15) is 22.5 Å². The molecule has 1 aromatic carbocycles. The van der Waals surface area contributed by atoms with Crippen molar-refractivity contribution in [2.75, 3.05) is 6.54 Å². The van der Waals surface area contributed by atoms with Gasteiger partial charge in [0.2, 0.25) is 0 Å². The zero-order chi connectivity index (χ0) is 20.4. The van der Waals surface area contributed by atoms with Gasteiger partial charge in [-0.3, -0.25) is 9.20 Å². The van der Waals surface area contributed by atoms with Gasteiger partial charge < -0.3 is 5.32 Å². The van der Waals surface area contributed by atoms with Gasteiger partial charge in [0.1, 0.15) is 0 Å². The smallest absolute Gasteiger partial charge is 0.350 e. The number of aromatic nitrogens is 5. The monoisotopic (exact) mass is 410 g/mol. The lowest BCUT2D eigenvalue weighted by atomic mass is 10.2. The minimum Gasteiger partial charge on any atom is -0.352 e. The molecule has 8 nitrogen and oxygen atoms in total. The number of hydrogen-bond acceptors (Lipinski definition) is 4. The fourth-order valence-electron chi connectivity index (χ4n) is 3.14. The second-order valence-electron chi connectivity index (χ2n) is 6.58. The standard InChI is InChI=1S/C20H19ClN6O2/c1-14-17(13-23-27(14)16-7-4-6-15(21)12-16)19(28)22-9-5-11-26-20(29)25-10-3-2-8-18(25)24-26/h2-4,6-8,10,12-13H,5,9,11H2,1H3,(H,22,28). The Labute approximate surface area is 171 Å². The Balaban J connectivity index is 1.38. The highest BCUT2D eigenvalue weighted by molar-refractivity contribution is 6.30. The van der Waals surface area contributed by atoms with Crippen LogP contribution in [0.4, 0.5) is 0 Å². The maximum Gasteiger partial charge on any atom is 0.350 e. The Bertz CT molecular complexity index is 1240. The van der Waals surface area contributed by atoms with Crippen LogP contribution in [0.5, 0.6) is 0 Å². The van der Waals surface area contributed by atoms with Gasteiger partial charge in [0, 0.05) is 24.3 Å². The second kappa shape index (κ2) is 7.92. The minimum absolute atomic E-state index is 0.189. The highest BCUT2D eigenvalue weighted by Gasteiger charge is 2.15. The summed E-state index contributed by atoms with van der Waals surface area (Å²) in [4.78, 5) is 24.8. The molecule has 0 spiro atoms. The van der Waals surface area contributed by atoms with Crippen molar-refractivity contribution in [2.45, 2.75) is 19.9 Å². The summed E-state index contributed by atoms with van der Waals surface area (Å²) in [5.74, 6) is -0.210. The molecule has 0 bridgehead atoms. The van der Waals surface area contributed by atoms with E-state index in [4.69, 9.17) is 11.6 Å². The van der Waals surface area contributed by atoms with Crippen LogP contribution in [-0.4, -0.2) is 36.4 Å². The lowest BCUT2D eigenvalue weighted by molar-refractivity contribution is 0.0952. The highest BCUT2D eigenvalue weighted by atomic mass is 35.5. The number of pyridine rings is 1. The number of aryl methyl sites for hydroxylation is 1. The van der Waals surface area contributed by atoms with Crippen LogP contribution in [0.25, 0.3) is 11.3 Å². The largest absolute Gasteiger partial charge is 0.352 e. The third-order valence-corrected chi connectivity index (χ3v) is 4.86. The number of carbonyl (C=O) groups excluding carboxylic acids is 1. The first-order chi connectivity index (χ1) is 14.0. The summed E-state index contributed by atoms with van der Waals surface area (Å²) in [6, 6.07) is 12.7. The molecule has 1 N–H and O–H groups in total. The Hall–Kier alpha value is -3.39. The number of benzene rings is 1. The van der Waals surface area contributed by atoms with E-state index in [0.717, 1.165) is 11.4 Å². The van der Waals surface area contributed by atoms with Crippen molar-refractivity contribution in [1.29, 1.82) is 0 Å². The number of nitrogens with one attached hydrogen (secondary N) is 1. The molecule has 29 heavy (non-hydrogen) atoms. The first-order valence-corrected chi connectivity index (χ1v) is 9.55. The molecule has 0 unspecified atom stereocenters. The van der Waals surface area contributed by atoms with Crippen molar-refractivity contribution in [1.82, 2.24) is 29.3 Å². The average molecular weight is 411 g/mol. The highest BCUT2D eigenvalue weighted by Crippen LogP contribution is 2.17. The summed E-state index contributed by atoms with van der Waals surface area (Å²) >= 11 is 6.04. The van der Waals surface area contributed by atoms with Crippen molar-refractivity contribution in [3.8, 4) is 5.69 Å². The maximum atomic E-state index is 12.5. The number of rotatable bonds is 6. The fraction of sp³-hybridized carbons (Fsp3) is 0.200. The van der Waals surface area contributed by atoms with E-state index in [1.165, 1.54) is 15.3 Å². The molecule has 148 valence electrons. The first kappa shape index (κ1) is 18.9. The van der Waals surface area contributed by atoms with Gasteiger partial charge in [-0.1, -0.05) is 23.7 Å². The van der Waals surface area contributed by atoms with Crippen LogP contribution in [0.15, 0.2) is 59.7 Å². The summed E-state index contributed by atoms with van der Waals surface area (Å²) in [5, 5.41) is 12.0. The van der Waals surface area contributed by atoms with E-state index in [1.54, 1.807) is 35.1 Å². The number of amides is 1. The SMILES string of the molecule is Cc1c(C(=O)NCCCn2nc3ccccn3c2=O)cnn1-c1cccc(Cl)c1. The zero-order valence-corrected chi connectivity index (χ0v) is 16.5. The molecular weight excluding hydrogens is 392 g/mol. The van der Waals surface area contributed by atoms with Gasteiger partial charge in [-0.05, 0) is 43.7 Å². The summed E-state index contributed by atoms with van der Waals surface area (Å²) in [7, 11) is 0. The molecule has 0 fully saturated rings.